The number of allylic oxidation sites excluding steroid dienone is 2. The van der Waals surface area contributed by atoms with E-state index in [4.69, 9.17) is 4.99 Å². The smallest absolute Gasteiger partial charge is 0.221 e. The Morgan fingerprint density at radius 1 is 1.24 bits per heavy atom. The van der Waals surface area contributed by atoms with E-state index >= 15 is 0 Å². The minimum Gasteiger partial charge on any atom is -0.307 e. The molecule has 1 aliphatic rings. The van der Waals surface area contributed by atoms with Crippen LogP contribution in [0.4, 0.5) is 0 Å². The summed E-state index contributed by atoms with van der Waals surface area (Å²) < 4.78 is 0.879. The molecule has 1 aliphatic heterocycles. The van der Waals surface area contributed by atoms with Crippen LogP contribution in [-0.2, 0) is 4.79 Å². The van der Waals surface area contributed by atoms with E-state index in [9.17, 15) is 4.79 Å². The second kappa shape index (κ2) is 12.2. The van der Waals surface area contributed by atoms with E-state index in [1.165, 1.54) is 51.4 Å². The number of nitrogens with zero attached hydrogens (tertiary/aromatic N) is 2. The summed E-state index contributed by atoms with van der Waals surface area (Å²) in [6, 6.07) is 0. The van der Waals surface area contributed by atoms with E-state index in [1.807, 2.05) is 0 Å². The average molecular weight is 351 g/mol. The van der Waals surface area contributed by atoms with Crippen molar-refractivity contribution < 1.29 is 9.28 Å². The number of aliphatic imine (C=N–C) groups is 1. The molecule has 3 atom stereocenters. The van der Waals surface area contributed by atoms with Gasteiger partial charge in [-0.15, -0.1) is 0 Å². The fourth-order valence-electron chi connectivity index (χ4n) is 4.00. The topological polar surface area (TPSA) is 41.5 Å². The number of hydrogen-bond acceptors (Lipinski definition) is 2. The Hall–Kier alpha value is -1.16. The molecule has 4 heteroatoms. The van der Waals surface area contributed by atoms with Crippen molar-refractivity contribution in [1.29, 1.82) is 0 Å². The van der Waals surface area contributed by atoms with Gasteiger partial charge in [0.2, 0.25) is 5.91 Å². The lowest BCUT2D eigenvalue weighted by Crippen LogP contribution is -2.63. The van der Waals surface area contributed by atoms with Crippen molar-refractivity contribution >= 4 is 12.1 Å². The fourth-order valence-corrected chi connectivity index (χ4v) is 4.00. The highest BCUT2D eigenvalue weighted by atomic mass is 16.1. The molecule has 1 N–H and O–H groups in total. The van der Waals surface area contributed by atoms with Crippen molar-refractivity contribution in [2.45, 2.75) is 97.8 Å². The van der Waals surface area contributed by atoms with Gasteiger partial charge in [0.1, 0.15) is 6.54 Å². The van der Waals surface area contributed by atoms with Crippen molar-refractivity contribution in [3.05, 3.63) is 12.2 Å². The molecule has 0 saturated carbocycles. The first-order chi connectivity index (χ1) is 12.1. The van der Waals surface area contributed by atoms with Crippen molar-refractivity contribution in [2.75, 3.05) is 13.1 Å². The maximum Gasteiger partial charge on any atom is 0.221 e. The summed E-state index contributed by atoms with van der Waals surface area (Å²) in [5.41, 5.74) is 0. The highest BCUT2D eigenvalue weighted by Crippen LogP contribution is 2.27. The van der Waals surface area contributed by atoms with Crippen molar-refractivity contribution in [2.24, 2.45) is 4.99 Å². The van der Waals surface area contributed by atoms with Gasteiger partial charge in [0.25, 0.3) is 0 Å². The predicted octanol–water partition coefficient (Wildman–Crippen LogP) is 4.80. The molecule has 0 radical (unpaired) electrons. The fraction of sp³-hybridized carbons (Fsp3) is 0.810. The van der Waals surface area contributed by atoms with Gasteiger partial charge in [-0.05, 0) is 33.1 Å². The third-order valence-corrected chi connectivity index (χ3v) is 5.63. The van der Waals surface area contributed by atoms with Crippen LogP contribution >= 0.6 is 0 Å². The highest BCUT2D eigenvalue weighted by molar-refractivity contribution is 5.73. The van der Waals surface area contributed by atoms with Crippen LogP contribution < -0.4 is 5.32 Å². The van der Waals surface area contributed by atoms with E-state index in [1.54, 1.807) is 6.92 Å². The maximum atomic E-state index is 11.5. The molecule has 3 unspecified atom stereocenters. The van der Waals surface area contributed by atoms with E-state index in [0.29, 0.717) is 6.17 Å². The SMILES string of the molecule is C/C=C/CCCCCCCCCC1N=CC[N+]1(CC)C(C)NC(C)=O. The van der Waals surface area contributed by atoms with Crippen LogP contribution in [0.2, 0.25) is 0 Å². The number of carbonyl (C=O) groups is 1. The van der Waals surface area contributed by atoms with E-state index in [0.717, 1.165) is 24.0 Å². The first kappa shape index (κ1) is 21.9. The van der Waals surface area contributed by atoms with Crippen LogP contribution in [-0.4, -0.2) is 42.0 Å². The largest absolute Gasteiger partial charge is 0.307 e. The number of amides is 1. The van der Waals surface area contributed by atoms with Gasteiger partial charge >= 0.3 is 0 Å². The molecule has 144 valence electrons. The van der Waals surface area contributed by atoms with Crippen LogP contribution in [0.15, 0.2) is 17.1 Å². The van der Waals surface area contributed by atoms with Gasteiger partial charge in [0.15, 0.2) is 12.3 Å². The maximum absolute atomic E-state index is 11.5. The van der Waals surface area contributed by atoms with Crippen molar-refractivity contribution in [1.82, 2.24) is 5.32 Å². The Kier molecular flexibility index (Phi) is 10.7. The number of rotatable bonds is 13. The van der Waals surface area contributed by atoms with Crippen molar-refractivity contribution in [3.63, 3.8) is 0 Å². The predicted molar refractivity (Wildman–Crippen MR) is 108 cm³/mol. The molecule has 0 aromatic heterocycles. The third-order valence-electron chi connectivity index (χ3n) is 5.63. The van der Waals surface area contributed by atoms with Gasteiger partial charge in [0, 0.05) is 20.3 Å². The zero-order valence-corrected chi connectivity index (χ0v) is 17.0. The average Bonchev–Trinajstić information content (AvgIpc) is 3.00. The molecule has 1 rings (SSSR count). The van der Waals surface area contributed by atoms with Gasteiger partial charge in [0.05, 0.1) is 12.8 Å². The third kappa shape index (κ3) is 7.31. The summed E-state index contributed by atoms with van der Waals surface area (Å²) in [5.74, 6) is 0.0542. The molecular weight excluding hydrogens is 310 g/mol. The summed E-state index contributed by atoms with van der Waals surface area (Å²) >= 11 is 0. The Morgan fingerprint density at radius 2 is 1.88 bits per heavy atom. The van der Waals surface area contributed by atoms with Gasteiger partial charge in [-0.25, -0.2) is 4.99 Å². The van der Waals surface area contributed by atoms with Crippen molar-refractivity contribution in [3.8, 4) is 0 Å². The van der Waals surface area contributed by atoms with Crippen LogP contribution in [0, 0.1) is 0 Å². The van der Waals surface area contributed by atoms with Gasteiger partial charge in [-0.1, -0.05) is 44.3 Å². The number of quaternary nitrogens is 1. The molecule has 0 fully saturated rings. The van der Waals surface area contributed by atoms with E-state index in [2.05, 4.69) is 44.5 Å². The zero-order chi connectivity index (χ0) is 18.5. The molecule has 1 heterocycles. The summed E-state index contributed by atoms with van der Waals surface area (Å²) in [7, 11) is 0. The van der Waals surface area contributed by atoms with Gasteiger partial charge in [-0.2, -0.15) is 0 Å². The Labute approximate surface area is 155 Å². The van der Waals surface area contributed by atoms with Crippen LogP contribution in [0.1, 0.15) is 85.5 Å². The van der Waals surface area contributed by atoms with E-state index < -0.39 is 0 Å². The highest BCUT2D eigenvalue weighted by Gasteiger charge is 2.42. The Balaban J connectivity index is 2.24. The molecule has 0 saturated heterocycles. The second-order valence-corrected chi connectivity index (χ2v) is 7.41. The summed E-state index contributed by atoms with van der Waals surface area (Å²) in [5, 5.41) is 3.09. The molecule has 25 heavy (non-hydrogen) atoms. The Bertz CT molecular complexity index is 433. The van der Waals surface area contributed by atoms with Gasteiger partial charge < -0.3 is 5.32 Å². The molecule has 0 aromatic carbocycles. The number of hydrogen-bond donors (Lipinski definition) is 1. The first-order valence-corrected chi connectivity index (χ1v) is 10.3. The number of unbranched alkanes of at least 4 members (excludes halogenated alkanes) is 7. The summed E-state index contributed by atoms with van der Waals surface area (Å²) in [4.78, 5) is 16.2. The Morgan fingerprint density at radius 3 is 2.48 bits per heavy atom. The molecule has 0 spiro atoms. The number of nitrogens with one attached hydrogen (secondary N) is 1. The first-order valence-electron chi connectivity index (χ1n) is 10.3. The van der Waals surface area contributed by atoms with Crippen LogP contribution in [0.3, 0.4) is 0 Å². The lowest BCUT2D eigenvalue weighted by Gasteiger charge is -2.42. The minimum atomic E-state index is 0.0542. The zero-order valence-electron chi connectivity index (χ0n) is 17.0. The molecule has 0 bridgehead atoms. The quantitative estimate of drug-likeness (QED) is 0.289. The lowest BCUT2D eigenvalue weighted by atomic mass is 10.1. The summed E-state index contributed by atoms with van der Waals surface area (Å²) in [6.45, 7) is 9.99. The molecule has 1 amide bonds. The van der Waals surface area contributed by atoms with Gasteiger partial charge in [-0.3, -0.25) is 9.28 Å². The minimum absolute atomic E-state index is 0.0542. The standard InChI is InChI=1S/C21H39N3O/c1-5-7-8-9-10-11-12-13-14-15-16-21-22-17-18-24(21,6-2)19(3)23-20(4)25/h5,7,17,19,21H,6,8-16,18H2,1-4H3/p+1/b7-5+. The summed E-state index contributed by atoms with van der Waals surface area (Å²) in [6.07, 6.45) is 18.6. The molecule has 0 aliphatic carbocycles. The lowest BCUT2D eigenvalue weighted by molar-refractivity contribution is -0.959. The number of carbonyl (C=O) groups excluding carboxylic acids is 1. The van der Waals surface area contributed by atoms with Crippen LogP contribution in [0.5, 0.6) is 0 Å². The second-order valence-electron chi connectivity index (χ2n) is 7.41. The monoisotopic (exact) mass is 350 g/mol. The molecular formula is C21H40N3O+. The van der Waals surface area contributed by atoms with Crippen LogP contribution in [0.25, 0.3) is 0 Å². The molecule has 4 nitrogen and oxygen atoms in total. The molecule has 0 aromatic rings. The van der Waals surface area contributed by atoms with E-state index in [-0.39, 0.29) is 12.1 Å². The normalized spacial score (nSPS) is 24.1.